The molecule has 7 aromatic carbocycles. The first-order valence-corrected chi connectivity index (χ1v) is 16.0. The Morgan fingerprint density at radius 1 is 0.250 bits per heavy atom. The average Bonchev–Trinajstić information content (AvgIpc) is 3.18. The van der Waals surface area contributed by atoms with Crippen LogP contribution in [0.1, 0.15) is 0 Å². The Bertz CT molecular complexity index is 2510. The molecule has 0 aliphatic rings. The lowest BCUT2D eigenvalue weighted by Gasteiger charge is -2.14. The average molecular weight is 613 g/mol. The Kier molecular flexibility index (Phi) is 6.76. The number of aromatic nitrogens is 4. The summed E-state index contributed by atoms with van der Waals surface area (Å²) in [4.78, 5) is 19.3. The lowest BCUT2D eigenvalue weighted by atomic mass is 9.91. The third-order valence-corrected chi connectivity index (χ3v) is 8.98. The molecule has 0 fully saturated rings. The molecule has 48 heavy (non-hydrogen) atoms. The quantitative estimate of drug-likeness (QED) is 0.181. The van der Waals surface area contributed by atoms with Crippen LogP contribution in [0.3, 0.4) is 0 Å². The molecule has 0 N–H and O–H groups in total. The SMILES string of the molecule is c1ccc(-c2nc(-c3ccccc3)nc(-c3cc(-c4ccncc4)cc(-c4ccc5c6ccccc6c6ccccc6c5c4)c3)n2)cc1. The minimum atomic E-state index is 0.622. The number of hydrogen-bond donors (Lipinski definition) is 0. The zero-order valence-electron chi connectivity index (χ0n) is 26.0. The lowest BCUT2D eigenvalue weighted by molar-refractivity contribution is 1.07. The largest absolute Gasteiger partial charge is 0.265 e. The van der Waals surface area contributed by atoms with Gasteiger partial charge in [-0.15, -0.1) is 0 Å². The molecule has 9 aromatic rings. The van der Waals surface area contributed by atoms with Crippen molar-refractivity contribution in [2.45, 2.75) is 0 Å². The van der Waals surface area contributed by atoms with Crippen LogP contribution < -0.4 is 0 Å². The molecule has 0 unspecified atom stereocenters. The van der Waals surface area contributed by atoms with Crippen LogP contribution >= 0.6 is 0 Å². The second kappa shape index (κ2) is 11.7. The number of fused-ring (bicyclic) bond motifs is 6. The third kappa shape index (κ3) is 4.97. The highest BCUT2D eigenvalue weighted by atomic mass is 15.0. The van der Waals surface area contributed by atoms with Crippen molar-refractivity contribution >= 4 is 32.3 Å². The zero-order chi connectivity index (χ0) is 31.9. The molecule has 0 saturated carbocycles. The van der Waals surface area contributed by atoms with E-state index in [1.165, 1.54) is 32.3 Å². The summed E-state index contributed by atoms with van der Waals surface area (Å²) in [6.45, 7) is 0. The molecule has 0 aliphatic heterocycles. The summed E-state index contributed by atoms with van der Waals surface area (Å²) in [6, 6.07) is 55.1. The van der Waals surface area contributed by atoms with E-state index in [-0.39, 0.29) is 0 Å². The van der Waals surface area contributed by atoms with Crippen molar-refractivity contribution < 1.29 is 0 Å². The van der Waals surface area contributed by atoms with Crippen molar-refractivity contribution in [3.8, 4) is 56.4 Å². The molecule has 0 spiro atoms. The van der Waals surface area contributed by atoms with Gasteiger partial charge in [0.15, 0.2) is 17.5 Å². The molecule has 0 atom stereocenters. The Morgan fingerprint density at radius 3 is 1.21 bits per heavy atom. The summed E-state index contributed by atoms with van der Waals surface area (Å²) in [5.41, 5.74) is 7.15. The molecule has 0 amide bonds. The van der Waals surface area contributed by atoms with Gasteiger partial charge in [0.05, 0.1) is 0 Å². The van der Waals surface area contributed by atoms with Crippen LogP contribution in [0, 0.1) is 0 Å². The van der Waals surface area contributed by atoms with Gasteiger partial charge in [0, 0.05) is 29.1 Å². The van der Waals surface area contributed by atoms with Crippen LogP contribution in [-0.2, 0) is 0 Å². The monoisotopic (exact) mass is 612 g/mol. The van der Waals surface area contributed by atoms with Gasteiger partial charge in [-0.1, -0.05) is 121 Å². The molecule has 4 nitrogen and oxygen atoms in total. The molecule has 2 aromatic heterocycles. The van der Waals surface area contributed by atoms with Gasteiger partial charge in [0.2, 0.25) is 0 Å². The van der Waals surface area contributed by atoms with Crippen LogP contribution in [-0.4, -0.2) is 19.9 Å². The molecule has 224 valence electrons. The summed E-state index contributed by atoms with van der Waals surface area (Å²) in [7, 11) is 0. The number of nitrogens with zero attached hydrogens (tertiary/aromatic N) is 4. The lowest BCUT2D eigenvalue weighted by Crippen LogP contribution is -2.00. The van der Waals surface area contributed by atoms with E-state index >= 15 is 0 Å². The molecule has 0 aliphatic carbocycles. The minimum Gasteiger partial charge on any atom is -0.265 e. The second-order valence-corrected chi connectivity index (χ2v) is 11.9. The predicted molar refractivity (Wildman–Crippen MR) is 197 cm³/mol. The molecular weight excluding hydrogens is 585 g/mol. The normalized spacial score (nSPS) is 11.3. The highest BCUT2D eigenvalue weighted by Crippen LogP contribution is 2.39. The summed E-state index contributed by atoms with van der Waals surface area (Å²) in [5, 5.41) is 7.52. The van der Waals surface area contributed by atoms with E-state index in [1.54, 1.807) is 0 Å². The fourth-order valence-corrected chi connectivity index (χ4v) is 6.66. The molecule has 2 heterocycles. The van der Waals surface area contributed by atoms with Gasteiger partial charge >= 0.3 is 0 Å². The van der Waals surface area contributed by atoms with E-state index in [9.17, 15) is 0 Å². The van der Waals surface area contributed by atoms with Gasteiger partial charge < -0.3 is 0 Å². The second-order valence-electron chi connectivity index (χ2n) is 11.9. The van der Waals surface area contributed by atoms with Crippen LogP contribution in [0.5, 0.6) is 0 Å². The number of benzene rings is 7. The Morgan fingerprint density at radius 2 is 0.667 bits per heavy atom. The first kappa shape index (κ1) is 27.8. The number of rotatable bonds is 5. The number of hydrogen-bond acceptors (Lipinski definition) is 4. The summed E-state index contributed by atoms with van der Waals surface area (Å²) in [5.74, 6) is 1.90. The first-order chi connectivity index (χ1) is 23.8. The molecule has 0 saturated heterocycles. The Balaban J connectivity index is 1.29. The summed E-state index contributed by atoms with van der Waals surface area (Å²) >= 11 is 0. The maximum Gasteiger partial charge on any atom is 0.164 e. The van der Waals surface area contributed by atoms with E-state index in [0.29, 0.717) is 17.5 Å². The van der Waals surface area contributed by atoms with Gasteiger partial charge in [0.1, 0.15) is 0 Å². The maximum atomic E-state index is 5.06. The molecule has 0 bridgehead atoms. The van der Waals surface area contributed by atoms with Crippen molar-refractivity contribution in [3.05, 3.63) is 170 Å². The van der Waals surface area contributed by atoms with E-state index in [1.807, 2.05) is 85.2 Å². The summed E-state index contributed by atoms with van der Waals surface area (Å²) < 4.78 is 0. The van der Waals surface area contributed by atoms with Crippen molar-refractivity contribution in [3.63, 3.8) is 0 Å². The van der Waals surface area contributed by atoms with Crippen molar-refractivity contribution in [2.24, 2.45) is 0 Å². The van der Waals surface area contributed by atoms with Crippen LogP contribution in [0.15, 0.2) is 170 Å². The van der Waals surface area contributed by atoms with Crippen LogP contribution in [0.25, 0.3) is 88.7 Å². The van der Waals surface area contributed by atoms with Crippen LogP contribution in [0.2, 0.25) is 0 Å². The van der Waals surface area contributed by atoms with Gasteiger partial charge in [-0.3, -0.25) is 4.98 Å². The summed E-state index contributed by atoms with van der Waals surface area (Å²) in [6.07, 6.45) is 3.66. The number of pyridine rings is 1. The first-order valence-electron chi connectivity index (χ1n) is 16.0. The Hall–Kier alpha value is -6.52. The maximum absolute atomic E-state index is 5.06. The fraction of sp³-hybridized carbons (Fsp3) is 0. The fourth-order valence-electron chi connectivity index (χ4n) is 6.66. The molecule has 0 radical (unpaired) electrons. The molecule has 9 rings (SSSR count). The topological polar surface area (TPSA) is 51.6 Å². The van der Waals surface area contributed by atoms with Gasteiger partial charge in [-0.25, -0.2) is 15.0 Å². The van der Waals surface area contributed by atoms with E-state index in [0.717, 1.165) is 38.9 Å². The van der Waals surface area contributed by atoms with Crippen molar-refractivity contribution in [1.29, 1.82) is 0 Å². The molecule has 4 heteroatoms. The smallest absolute Gasteiger partial charge is 0.164 e. The molecular formula is C44H28N4. The van der Waals surface area contributed by atoms with E-state index in [2.05, 4.69) is 89.9 Å². The van der Waals surface area contributed by atoms with Crippen LogP contribution in [0.4, 0.5) is 0 Å². The minimum absolute atomic E-state index is 0.622. The Labute approximate surface area is 278 Å². The zero-order valence-corrected chi connectivity index (χ0v) is 26.0. The van der Waals surface area contributed by atoms with E-state index < -0.39 is 0 Å². The predicted octanol–water partition coefficient (Wildman–Crippen LogP) is 11.1. The standard InChI is InChI=1S/C44H28N4/c1-3-11-30(12-4-1)42-46-43(31-13-5-2-6-14-31)48-44(47-42)35-26-33(29-21-23-45-24-22-29)25-34(27-35)32-19-20-40-38-17-8-7-15-36(38)37-16-9-10-18-39(37)41(40)28-32/h1-28H. The van der Waals surface area contributed by atoms with Crippen molar-refractivity contribution in [1.82, 2.24) is 19.9 Å². The highest BCUT2D eigenvalue weighted by Gasteiger charge is 2.16. The van der Waals surface area contributed by atoms with Gasteiger partial charge in [-0.2, -0.15) is 0 Å². The highest BCUT2D eigenvalue weighted by molar-refractivity contribution is 6.25. The van der Waals surface area contributed by atoms with Crippen molar-refractivity contribution in [2.75, 3.05) is 0 Å². The van der Waals surface area contributed by atoms with Gasteiger partial charge in [-0.05, 0) is 91.0 Å². The van der Waals surface area contributed by atoms with Gasteiger partial charge in [0.25, 0.3) is 0 Å². The third-order valence-electron chi connectivity index (χ3n) is 8.98. The van der Waals surface area contributed by atoms with E-state index in [4.69, 9.17) is 15.0 Å².